The number of aromatic amines is 1. The fourth-order valence-corrected chi connectivity index (χ4v) is 3.29. The van der Waals surface area contributed by atoms with Gasteiger partial charge in [0.1, 0.15) is 0 Å². The fourth-order valence-electron chi connectivity index (χ4n) is 2.03. The smallest absolute Gasteiger partial charge is 0.197 e. The molecule has 0 aliphatic rings. The van der Waals surface area contributed by atoms with E-state index in [-0.39, 0.29) is 0 Å². The van der Waals surface area contributed by atoms with Crippen LogP contribution in [0.3, 0.4) is 0 Å². The van der Waals surface area contributed by atoms with Crippen molar-refractivity contribution in [1.29, 1.82) is 0 Å². The Bertz CT molecular complexity index is 564. The molecule has 0 amide bonds. The summed E-state index contributed by atoms with van der Waals surface area (Å²) in [4.78, 5) is 7.45. The number of nitrogen functional groups attached to an aromatic ring is 1. The minimum Gasteiger partial charge on any atom is -0.399 e. The van der Waals surface area contributed by atoms with E-state index in [1.54, 1.807) is 6.07 Å². The van der Waals surface area contributed by atoms with Gasteiger partial charge in [0.15, 0.2) is 5.16 Å². The van der Waals surface area contributed by atoms with Crippen LogP contribution in [0.5, 0.6) is 0 Å². The lowest BCUT2D eigenvalue weighted by Gasteiger charge is -2.07. The van der Waals surface area contributed by atoms with Crippen LogP contribution in [0.15, 0.2) is 23.4 Å². The lowest BCUT2D eigenvalue weighted by molar-refractivity contribution is 0.573. The highest BCUT2D eigenvalue weighted by Crippen LogP contribution is 2.18. The Morgan fingerprint density at radius 3 is 3.00 bits per heavy atom. The number of rotatable bonds is 5. The molecule has 2 atom stereocenters. The summed E-state index contributed by atoms with van der Waals surface area (Å²) in [7, 11) is -1.06. The average molecular weight is 265 g/mol. The van der Waals surface area contributed by atoms with E-state index in [9.17, 15) is 4.21 Å². The van der Waals surface area contributed by atoms with E-state index in [2.05, 4.69) is 23.8 Å². The molecule has 0 saturated carbocycles. The highest BCUT2D eigenvalue weighted by Gasteiger charge is 2.13. The first kappa shape index (κ1) is 13.1. The molecule has 1 aromatic carbocycles. The topological polar surface area (TPSA) is 71.8 Å². The molecule has 0 radical (unpaired) electrons. The Kier molecular flexibility index (Phi) is 4.01. The van der Waals surface area contributed by atoms with Gasteiger partial charge in [0.25, 0.3) is 0 Å². The van der Waals surface area contributed by atoms with Gasteiger partial charge in [-0.05, 0) is 24.1 Å². The number of aromatic nitrogens is 2. The summed E-state index contributed by atoms with van der Waals surface area (Å²) < 4.78 is 12.2. The molecular formula is C13H19N3OS. The maximum atomic E-state index is 12.2. The van der Waals surface area contributed by atoms with Gasteiger partial charge in [-0.1, -0.05) is 26.7 Å². The summed E-state index contributed by atoms with van der Waals surface area (Å²) in [6, 6.07) is 5.46. The summed E-state index contributed by atoms with van der Waals surface area (Å²) in [6.07, 6.45) is 2.22. The van der Waals surface area contributed by atoms with Gasteiger partial charge < -0.3 is 10.7 Å². The molecule has 0 aliphatic carbocycles. The summed E-state index contributed by atoms with van der Waals surface area (Å²) >= 11 is 0. The Morgan fingerprint density at radius 2 is 2.28 bits per heavy atom. The van der Waals surface area contributed by atoms with Gasteiger partial charge in [0, 0.05) is 11.4 Å². The quantitative estimate of drug-likeness (QED) is 0.816. The molecule has 0 aliphatic heterocycles. The normalized spacial score (nSPS) is 14.8. The number of imidazole rings is 1. The van der Waals surface area contributed by atoms with Crippen LogP contribution < -0.4 is 5.73 Å². The molecule has 0 saturated heterocycles. The molecule has 98 valence electrons. The first-order valence-electron chi connectivity index (χ1n) is 6.23. The molecule has 0 bridgehead atoms. The van der Waals surface area contributed by atoms with Crippen molar-refractivity contribution < 1.29 is 4.21 Å². The molecule has 2 rings (SSSR count). The lowest BCUT2D eigenvalue weighted by Crippen LogP contribution is -2.09. The van der Waals surface area contributed by atoms with Crippen molar-refractivity contribution in [2.24, 2.45) is 5.92 Å². The molecule has 2 aromatic rings. The van der Waals surface area contributed by atoms with Crippen molar-refractivity contribution in [3.8, 4) is 0 Å². The van der Waals surface area contributed by atoms with E-state index < -0.39 is 10.8 Å². The van der Waals surface area contributed by atoms with Crippen molar-refractivity contribution in [2.75, 3.05) is 11.5 Å². The number of nitrogens with one attached hydrogen (secondary N) is 1. The van der Waals surface area contributed by atoms with Crippen molar-refractivity contribution >= 4 is 27.5 Å². The zero-order chi connectivity index (χ0) is 13.1. The number of nitrogens with zero attached hydrogens (tertiary/aromatic N) is 1. The number of hydrogen-bond donors (Lipinski definition) is 2. The number of fused-ring (bicyclic) bond motifs is 1. The average Bonchev–Trinajstić information content (AvgIpc) is 2.72. The van der Waals surface area contributed by atoms with E-state index >= 15 is 0 Å². The Balaban J connectivity index is 2.18. The molecule has 5 heteroatoms. The van der Waals surface area contributed by atoms with Crippen LogP contribution in [0.2, 0.25) is 0 Å². The van der Waals surface area contributed by atoms with Gasteiger partial charge in [0.2, 0.25) is 0 Å². The fraction of sp³-hybridized carbons (Fsp3) is 0.462. The first-order chi connectivity index (χ1) is 8.60. The summed E-state index contributed by atoms with van der Waals surface area (Å²) in [5.74, 6) is 1.11. The summed E-state index contributed by atoms with van der Waals surface area (Å²) in [5.41, 5.74) is 8.05. The Hall–Kier alpha value is -1.36. The number of benzene rings is 1. The number of nitrogens with two attached hydrogens (primary N) is 1. The standard InChI is InChI=1S/C13H19N3OS/c1-3-4-9(2)8-18(17)13-15-11-6-5-10(14)7-12(11)16-13/h5-7,9H,3-4,8,14H2,1-2H3,(H,15,16). The number of anilines is 1. The maximum Gasteiger partial charge on any atom is 0.197 e. The van der Waals surface area contributed by atoms with Gasteiger partial charge in [-0.3, -0.25) is 4.21 Å². The van der Waals surface area contributed by atoms with Crippen LogP contribution in [0.1, 0.15) is 26.7 Å². The Labute approximate surface area is 109 Å². The van der Waals surface area contributed by atoms with Crippen LogP contribution in [0.25, 0.3) is 11.0 Å². The Morgan fingerprint density at radius 1 is 1.50 bits per heavy atom. The third-order valence-electron chi connectivity index (χ3n) is 2.92. The molecule has 1 heterocycles. The van der Waals surface area contributed by atoms with Crippen molar-refractivity contribution in [3.05, 3.63) is 18.2 Å². The minimum atomic E-state index is -1.06. The monoisotopic (exact) mass is 265 g/mol. The second-order valence-corrected chi connectivity index (χ2v) is 6.14. The third kappa shape index (κ3) is 2.90. The summed E-state index contributed by atoms with van der Waals surface area (Å²) in [5, 5.41) is 0.554. The van der Waals surface area contributed by atoms with Gasteiger partial charge in [0.05, 0.1) is 21.8 Å². The summed E-state index contributed by atoms with van der Waals surface area (Å²) in [6.45, 7) is 4.27. The van der Waals surface area contributed by atoms with Crippen molar-refractivity contribution in [2.45, 2.75) is 31.8 Å². The predicted octanol–water partition coefficient (Wildman–Crippen LogP) is 2.69. The van der Waals surface area contributed by atoms with Crippen LogP contribution in [0, 0.1) is 5.92 Å². The lowest BCUT2D eigenvalue weighted by atomic mass is 10.1. The second kappa shape index (κ2) is 5.52. The second-order valence-electron chi connectivity index (χ2n) is 4.72. The van der Waals surface area contributed by atoms with Gasteiger partial charge >= 0.3 is 0 Å². The van der Waals surface area contributed by atoms with E-state index in [0.717, 1.165) is 23.9 Å². The molecule has 0 spiro atoms. The molecule has 18 heavy (non-hydrogen) atoms. The van der Waals surface area contributed by atoms with Crippen molar-refractivity contribution in [3.63, 3.8) is 0 Å². The molecular weight excluding hydrogens is 246 g/mol. The number of hydrogen-bond acceptors (Lipinski definition) is 3. The van der Waals surface area contributed by atoms with E-state index in [4.69, 9.17) is 5.73 Å². The first-order valence-corrected chi connectivity index (χ1v) is 7.55. The molecule has 4 nitrogen and oxygen atoms in total. The minimum absolute atomic E-state index is 0.453. The molecule has 3 N–H and O–H groups in total. The van der Waals surface area contributed by atoms with Gasteiger partial charge in [-0.25, -0.2) is 4.98 Å². The van der Waals surface area contributed by atoms with Gasteiger partial charge in [-0.15, -0.1) is 0 Å². The largest absolute Gasteiger partial charge is 0.399 e. The predicted molar refractivity (Wildman–Crippen MR) is 75.9 cm³/mol. The van der Waals surface area contributed by atoms with Crippen molar-refractivity contribution in [1.82, 2.24) is 9.97 Å². The molecule has 0 fully saturated rings. The van der Waals surface area contributed by atoms with Crippen LogP contribution in [-0.2, 0) is 10.8 Å². The maximum absolute atomic E-state index is 12.2. The van der Waals surface area contributed by atoms with E-state index in [1.807, 2.05) is 12.1 Å². The van der Waals surface area contributed by atoms with Crippen LogP contribution in [0.4, 0.5) is 5.69 Å². The van der Waals surface area contributed by atoms with E-state index in [0.29, 0.717) is 22.5 Å². The van der Waals surface area contributed by atoms with Gasteiger partial charge in [-0.2, -0.15) is 0 Å². The zero-order valence-corrected chi connectivity index (χ0v) is 11.6. The molecule has 1 aromatic heterocycles. The molecule has 2 unspecified atom stereocenters. The van der Waals surface area contributed by atoms with Crippen LogP contribution >= 0.6 is 0 Å². The SMILES string of the molecule is CCCC(C)CS(=O)c1nc2ccc(N)cc2[nH]1. The third-order valence-corrected chi connectivity index (χ3v) is 4.41. The zero-order valence-electron chi connectivity index (χ0n) is 10.8. The highest BCUT2D eigenvalue weighted by atomic mass is 32.2. The van der Waals surface area contributed by atoms with Crippen LogP contribution in [-0.4, -0.2) is 19.9 Å². The number of H-pyrrole nitrogens is 1. The highest BCUT2D eigenvalue weighted by molar-refractivity contribution is 7.84. The van der Waals surface area contributed by atoms with E-state index in [1.165, 1.54) is 0 Å².